The quantitative estimate of drug-likeness (QED) is 0.376. The first kappa shape index (κ1) is 28.3. The van der Waals surface area contributed by atoms with Gasteiger partial charge in [-0.15, -0.1) is 0 Å². The van der Waals surface area contributed by atoms with Crippen molar-refractivity contribution in [2.75, 3.05) is 51.5 Å². The number of hydrogen-bond acceptors (Lipinski definition) is 6. The van der Waals surface area contributed by atoms with Gasteiger partial charge in [-0.1, -0.05) is 6.92 Å². The summed E-state index contributed by atoms with van der Waals surface area (Å²) < 4.78 is 31.7. The Labute approximate surface area is 214 Å². The van der Waals surface area contributed by atoms with Crippen LogP contribution in [0.2, 0.25) is 0 Å². The highest BCUT2D eigenvalue weighted by Crippen LogP contribution is 2.38. The fourth-order valence-electron chi connectivity index (χ4n) is 4.62. The van der Waals surface area contributed by atoms with Crippen molar-refractivity contribution in [1.29, 1.82) is 0 Å². The van der Waals surface area contributed by atoms with Crippen molar-refractivity contribution in [2.24, 2.45) is 11.8 Å². The molecule has 0 spiro atoms. The second-order valence-corrected chi connectivity index (χ2v) is 9.76. The minimum atomic E-state index is -0.417. The number of carbonyl (C=O) groups is 2. The maximum Gasteiger partial charge on any atom is 0.231 e. The predicted octanol–water partition coefficient (Wildman–Crippen LogP) is 3.07. The summed E-state index contributed by atoms with van der Waals surface area (Å²) in [4.78, 5) is 28.2. The second-order valence-electron chi connectivity index (χ2n) is 9.76. The third-order valence-electron chi connectivity index (χ3n) is 6.70. The average Bonchev–Trinajstić information content (AvgIpc) is 3.72. The smallest absolute Gasteiger partial charge is 0.231 e. The Bertz CT molecular complexity index is 879. The number of aryl methyl sites for hydroxylation is 1. The van der Waals surface area contributed by atoms with E-state index in [0.29, 0.717) is 58.1 Å². The Morgan fingerprint density at radius 2 is 1.94 bits per heavy atom. The molecule has 2 fully saturated rings. The first-order valence-electron chi connectivity index (χ1n) is 13.3. The third kappa shape index (κ3) is 7.63. The molecule has 0 aromatic heterocycles. The zero-order chi connectivity index (χ0) is 26.1. The molecule has 0 unspecified atom stereocenters. The van der Waals surface area contributed by atoms with E-state index in [-0.39, 0.29) is 35.5 Å². The lowest BCUT2D eigenvalue weighted by Gasteiger charge is -2.33. The normalized spacial score (nSPS) is 20.6. The van der Waals surface area contributed by atoms with Crippen LogP contribution in [-0.2, 0) is 25.5 Å². The van der Waals surface area contributed by atoms with Gasteiger partial charge < -0.3 is 29.7 Å². The summed E-state index contributed by atoms with van der Waals surface area (Å²) >= 11 is 0. The maximum atomic E-state index is 15.3. The second kappa shape index (κ2) is 13.9. The van der Waals surface area contributed by atoms with E-state index in [9.17, 15) is 9.59 Å². The standard InChI is InChI=1S/C27H42FN3O5/c1-5-19-13-23(28)24(14-25(19)36-11-7-10-34-4)31(22-8-9-22)27(33)21-12-20(15-29-16-21)26(32)30-18(3)17-35-6-2/h13-14,18,20-22,29H,5-12,15-17H2,1-4H3,(H,30,32)/t18-,20+,21-/m1/s1. The number of nitrogens with one attached hydrogen (secondary N) is 2. The van der Waals surface area contributed by atoms with E-state index in [4.69, 9.17) is 14.2 Å². The highest BCUT2D eigenvalue weighted by Gasteiger charge is 2.41. The van der Waals surface area contributed by atoms with Gasteiger partial charge in [0.25, 0.3) is 0 Å². The van der Waals surface area contributed by atoms with Crippen LogP contribution in [0.3, 0.4) is 0 Å². The van der Waals surface area contributed by atoms with Crippen LogP contribution in [-0.4, -0.2) is 70.5 Å². The molecule has 2 N–H and O–H groups in total. The third-order valence-corrected chi connectivity index (χ3v) is 6.70. The van der Waals surface area contributed by atoms with Crippen molar-refractivity contribution in [3.63, 3.8) is 0 Å². The summed E-state index contributed by atoms with van der Waals surface area (Å²) in [6.07, 6.45) is 3.45. The molecule has 1 saturated heterocycles. The minimum Gasteiger partial charge on any atom is -0.493 e. The molecule has 3 rings (SSSR count). The molecule has 8 nitrogen and oxygen atoms in total. The van der Waals surface area contributed by atoms with E-state index in [1.807, 2.05) is 20.8 Å². The Morgan fingerprint density at radius 3 is 2.61 bits per heavy atom. The molecule has 1 aromatic carbocycles. The number of piperidine rings is 1. The minimum absolute atomic E-state index is 0.0266. The number of halogens is 1. The number of carbonyl (C=O) groups excluding carboxylic acids is 2. The van der Waals surface area contributed by atoms with Crippen LogP contribution in [0.5, 0.6) is 5.75 Å². The lowest BCUT2D eigenvalue weighted by atomic mass is 9.88. The van der Waals surface area contributed by atoms with Gasteiger partial charge in [0.1, 0.15) is 11.6 Å². The largest absolute Gasteiger partial charge is 0.493 e. The number of nitrogens with zero attached hydrogens (tertiary/aromatic N) is 1. The molecule has 9 heteroatoms. The summed E-state index contributed by atoms with van der Waals surface area (Å²) in [5.74, 6) is -0.780. The van der Waals surface area contributed by atoms with Crippen molar-refractivity contribution < 1.29 is 28.2 Å². The number of benzene rings is 1. The first-order valence-corrected chi connectivity index (χ1v) is 13.3. The Balaban J connectivity index is 1.74. The maximum absolute atomic E-state index is 15.3. The first-order chi connectivity index (χ1) is 17.4. The average molecular weight is 508 g/mol. The highest BCUT2D eigenvalue weighted by molar-refractivity contribution is 5.97. The zero-order valence-electron chi connectivity index (χ0n) is 22.1. The number of ether oxygens (including phenoxy) is 3. The molecular formula is C27H42FN3O5. The van der Waals surface area contributed by atoms with Gasteiger partial charge in [-0.05, 0) is 51.2 Å². The molecule has 1 aromatic rings. The Morgan fingerprint density at radius 1 is 1.19 bits per heavy atom. The van der Waals surface area contributed by atoms with Crippen molar-refractivity contribution in [1.82, 2.24) is 10.6 Å². The van der Waals surface area contributed by atoms with Gasteiger partial charge in [-0.3, -0.25) is 9.59 Å². The molecule has 1 heterocycles. The fourth-order valence-corrected chi connectivity index (χ4v) is 4.62. The van der Waals surface area contributed by atoms with Gasteiger partial charge in [0.15, 0.2) is 0 Å². The van der Waals surface area contributed by atoms with Gasteiger partial charge in [0.05, 0.1) is 30.7 Å². The van der Waals surface area contributed by atoms with Crippen LogP contribution in [0.15, 0.2) is 12.1 Å². The monoisotopic (exact) mass is 507 g/mol. The molecule has 1 aliphatic carbocycles. The Hall–Kier alpha value is -2.23. The molecule has 202 valence electrons. The van der Waals surface area contributed by atoms with E-state index in [1.54, 1.807) is 18.1 Å². The van der Waals surface area contributed by atoms with Crippen LogP contribution in [0, 0.1) is 17.7 Å². The lowest BCUT2D eigenvalue weighted by molar-refractivity contribution is -0.129. The number of methoxy groups -OCH3 is 1. The van der Waals surface area contributed by atoms with Gasteiger partial charge >= 0.3 is 0 Å². The van der Waals surface area contributed by atoms with Crippen LogP contribution in [0.25, 0.3) is 0 Å². The number of amides is 2. The Kier molecular flexibility index (Phi) is 10.9. The van der Waals surface area contributed by atoms with Crippen molar-refractivity contribution in [2.45, 2.75) is 65.0 Å². The predicted molar refractivity (Wildman–Crippen MR) is 137 cm³/mol. The number of anilines is 1. The molecule has 36 heavy (non-hydrogen) atoms. The summed E-state index contributed by atoms with van der Waals surface area (Å²) in [6, 6.07) is 3.03. The van der Waals surface area contributed by atoms with E-state index in [1.165, 1.54) is 6.07 Å². The lowest BCUT2D eigenvalue weighted by Crippen LogP contribution is -2.51. The van der Waals surface area contributed by atoms with Crippen LogP contribution in [0.1, 0.15) is 52.0 Å². The summed E-state index contributed by atoms with van der Waals surface area (Å²) in [5.41, 5.74) is 1.03. The summed E-state index contributed by atoms with van der Waals surface area (Å²) in [7, 11) is 1.64. The van der Waals surface area contributed by atoms with Crippen molar-refractivity contribution in [3.05, 3.63) is 23.5 Å². The molecule has 2 aliphatic rings. The molecule has 2 amide bonds. The topological polar surface area (TPSA) is 89.1 Å². The van der Waals surface area contributed by atoms with E-state index < -0.39 is 11.7 Å². The van der Waals surface area contributed by atoms with Crippen molar-refractivity contribution in [3.8, 4) is 5.75 Å². The van der Waals surface area contributed by atoms with E-state index in [0.717, 1.165) is 24.8 Å². The van der Waals surface area contributed by atoms with E-state index in [2.05, 4.69) is 10.6 Å². The van der Waals surface area contributed by atoms with Crippen LogP contribution >= 0.6 is 0 Å². The molecule has 0 bridgehead atoms. The molecule has 1 saturated carbocycles. The van der Waals surface area contributed by atoms with E-state index >= 15 is 4.39 Å². The van der Waals surface area contributed by atoms with Crippen molar-refractivity contribution >= 4 is 17.5 Å². The molecular weight excluding hydrogens is 465 g/mol. The highest BCUT2D eigenvalue weighted by atomic mass is 19.1. The van der Waals surface area contributed by atoms with Crippen LogP contribution in [0.4, 0.5) is 10.1 Å². The van der Waals surface area contributed by atoms with Gasteiger partial charge in [-0.25, -0.2) is 4.39 Å². The van der Waals surface area contributed by atoms with Gasteiger partial charge in [0, 0.05) is 58.0 Å². The SMILES string of the molecule is CCOC[C@@H](C)NC(=O)[C@@H]1CNC[C@H](C(=O)N(c2cc(OCCCOC)c(CC)cc2F)C2CC2)C1. The van der Waals surface area contributed by atoms with Gasteiger partial charge in [-0.2, -0.15) is 0 Å². The summed E-state index contributed by atoms with van der Waals surface area (Å²) in [5, 5.41) is 6.23. The number of hydrogen-bond donors (Lipinski definition) is 2. The zero-order valence-corrected chi connectivity index (χ0v) is 22.1. The summed E-state index contributed by atoms with van der Waals surface area (Å²) in [6.45, 7) is 8.82. The van der Waals surface area contributed by atoms with Gasteiger partial charge in [0.2, 0.25) is 11.8 Å². The molecule has 0 radical (unpaired) electrons. The molecule has 1 aliphatic heterocycles. The molecule has 3 atom stereocenters. The fraction of sp³-hybridized carbons (Fsp3) is 0.704. The number of rotatable bonds is 14. The van der Waals surface area contributed by atoms with Crippen LogP contribution < -0.4 is 20.3 Å².